The van der Waals surface area contributed by atoms with Gasteiger partial charge in [-0.1, -0.05) is 17.7 Å². The highest BCUT2D eigenvalue weighted by molar-refractivity contribution is 7.80. The molecule has 2 rings (SSSR count). The van der Waals surface area contributed by atoms with E-state index >= 15 is 0 Å². The van der Waals surface area contributed by atoms with E-state index in [1.54, 1.807) is 23.6 Å². The zero-order valence-corrected chi connectivity index (χ0v) is 11.9. The largest absolute Gasteiger partial charge is 0.376 e. The minimum absolute atomic E-state index is 0.321. The Bertz CT molecular complexity index is 511. The van der Waals surface area contributed by atoms with Crippen LogP contribution in [0.3, 0.4) is 0 Å². The first-order valence-electron chi connectivity index (χ1n) is 5.38. The van der Waals surface area contributed by atoms with Crippen molar-refractivity contribution in [3.63, 3.8) is 0 Å². The van der Waals surface area contributed by atoms with Gasteiger partial charge in [0.05, 0.1) is 5.02 Å². The van der Waals surface area contributed by atoms with Gasteiger partial charge in [0.2, 0.25) is 0 Å². The van der Waals surface area contributed by atoms with E-state index in [0.717, 1.165) is 12.2 Å². The van der Waals surface area contributed by atoms with Crippen LogP contribution in [0.15, 0.2) is 35.8 Å². The van der Waals surface area contributed by atoms with Crippen molar-refractivity contribution in [3.05, 3.63) is 45.7 Å². The summed E-state index contributed by atoms with van der Waals surface area (Å²) in [5.41, 5.74) is 5.73. The van der Waals surface area contributed by atoms with Gasteiger partial charge in [-0.25, -0.2) is 4.98 Å². The summed E-state index contributed by atoms with van der Waals surface area (Å²) in [4.78, 5) is 7.34. The van der Waals surface area contributed by atoms with Gasteiger partial charge in [-0.2, -0.15) is 0 Å². The van der Waals surface area contributed by atoms with Gasteiger partial charge in [0, 0.05) is 17.6 Å². The number of nitrogens with two attached hydrogens (primary N) is 1. The van der Waals surface area contributed by atoms with Gasteiger partial charge in [0.1, 0.15) is 5.82 Å². The zero-order valence-electron chi connectivity index (χ0n) is 9.54. The van der Waals surface area contributed by atoms with E-state index in [0.29, 0.717) is 16.7 Å². The number of rotatable bonds is 4. The molecule has 6 heteroatoms. The lowest BCUT2D eigenvalue weighted by Gasteiger charge is -2.21. The van der Waals surface area contributed by atoms with E-state index in [9.17, 15) is 0 Å². The fraction of sp³-hybridized carbons (Fsp3) is 0.167. The van der Waals surface area contributed by atoms with Gasteiger partial charge in [-0.3, -0.25) is 0 Å². The molecule has 0 aliphatic heterocycles. The third kappa shape index (κ3) is 3.41. The second-order valence-electron chi connectivity index (χ2n) is 3.65. The van der Waals surface area contributed by atoms with Crippen LogP contribution in [-0.2, 0) is 6.42 Å². The summed E-state index contributed by atoms with van der Waals surface area (Å²) in [6, 6.07) is 7.72. The average molecular weight is 298 g/mol. The molecule has 0 bridgehead atoms. The molecular formula is C12H12ClN3S2. The molecular weight excluding hydrogens is 286 g/mol. The minimum Gasteiger partial charge on any atom is -0.376 e. The molecule has 0 saturated heterocycles. The first-order valence-corrected chi connectivity index (χ1v) is 7.04. The lowest BCUT2D eigenvalue weighted by Crippen LogP contribution is -2.37. The molecule has 2 aromatic heterocycles. The van der Waals surface area contributed by atoms with Crippen LogP contribution < -0.4 is 10.6 Å². The van der Waals surface area contributed by atoms with Gasteiger partial charge < -0.3 is 10.6 Å². The van der Waals surface area contributed by atoms with Gasteiger partial charge in [0.25, 0.3) is 0 Å². The molecule has 0 aliphatic rings. The lowest BCUT2D eigenvalue weighted by atomic mass is 10.3. The van der Waals surface area contributed by atoms with Crippen LogP contribution in [0.4, 0.5) is 5.82 Å². The Kier molecular flexibility index (Phi) is 4.52. The maximum Gasteiger partial charge on any atom is 0.171 e. The number of thiophene rings is 1. The Morgan fingerprint density at radius 2 is 2.28 bits per heavy atom. The van der Waals surface area contributed by atoms with Crippen molar-refractivity contribution in [2.75, 3.05) is 11.4 Å². The number of hydrogen-bond donors (Lipinski definition) is 1. The predicted molar refractivity (Wildman–Crippen MR) is 81.4 cm³/mol. The SMILES string of the molecule is NC(=S)N(CCc1cccs1)c1ccc(Cl)cn1. The van der Waals surface area contributed by atoms with Crippen molar-refractivity contribution in [2.45, 2.75) is 6.42 Å². The van der Waals surface area contributed by atoms with Crippen molar-refractivity contribution >= 4 is 46.1 Å². The summed E-state index contributed by atoms with van der Waals surface area (Å²) in [6.45, 7) is 0.713. The van der Waals surface area contributed by atoms with Crippen LogP contribution in [0.1, 0.15) is 4.88 Å². The highest BCUT2D eigenvalue weighted by Crippen LogP contribution is 2.16. The summed E-state index contributed by atoms with van der Waals surface area (Å²) in [5.74, 6) is 0.725. The minimum atomic E-state index is 0.321. The molecule has 0 amide bonds. The molecule has 2 N–H and O–H groups in total. The van der Waals surface area contributed by atoms with Crippen molar-refractivity contribution in [1.82, 2.24) is 4.98 Å². The van der Waals surface area contributed by atoms with Crippen molar-refractivity contribution in [3.8, 4) is 0 Å². The van der Waals surface area contributed by atoms with Gasteiger partial charge in [-0.05, 0) is 42.2 Å². The molecule has 0 spiro atoms. The van der Waals surface area contributed by atoms with E-state index in [1.807, 2.05) is 17.0 Å². The molecule has 0 aromatic carbocycles. The Balaban J connectivity index is 2.08. The smallest absolute Gasteiger partial charge is 0.171 e. The fourth-order valence-electron chi connectivity index (χ4n) is 1.54. The van der Waals surface area contributed by atoms with Gasteiger partial charge in [-0.15, -0.1) is 11.3 Å². The summed E-state index contributed by atoms with van der Waals surface area (Å²) in [7, 11) is 0. The Hall–Kier alpha value is -1.17. The molecule has 0 fully saturated rings. The number of hydrogen-bond acceptors (Lipinski definition) is 3. The maximum atomic E-state index is 5.81. The Morgan fingerprint density at radius 3 is 2.83 bits per heavy atom. The van der Waals surface area contributed by atoms with Crippen LogP contribution in [0.25, 0.3) is 0 Å². The maximum absolute atomic E-state index is 5.81. The van der Waals surface area contributed by atoms with Crippen LogP contribution in [0.5, 0.6) is 0 Å². The molecule has 18 heavy (non-hydrogen) atoms. The number of anilines is 1. The third-order valence-corrected chi connectivity index (χ3v) is 3.80. The molecule has 0 radical (unpaired) electrons. The molecule has 94 valence electrons. The van der Waals surface area contributed by atoms with Crippen LogP contribution in [-0.4, -0.2) is 16.6 Å². The molecule has 2 aromatic rings. The normalized spacial score (nSPS) is 10.3. The predicted octanol–water partition coefficient (Wildman–Crippen LogP) is 3.09. The monoisotopic (exact) mass is 297 g/mol. The van der Waals surface area contributed by atoms with Crippen LogP contribution in [0.2, 0.25) is 5.02 Å². The number of pyridine rings is 1. The van der Waals surface area contributed by atoms with E-state index in [4.69, 9.17) is 29.6 Å². The van der Waals surface area contributed by atoms with Crippen LogP contribution >= 0.6 is 35.2 Å². The van der Waals surface area contributed by atoms with Crippen LogP contribution in [0, 0.1) is 0 Å². The topological polar surface area (TPSA) is 42.1 Å². The van der Waals surface area contributed by atoms with E-state index in [1.165, 1.54) is 4.88 Å². The van der Waals surface area contributed by atoms with Crippen molar-refractivity contribution in [1.29, 1.82) is 0 Å². The van der Waals surface area contributed by atoms with Gasteiger partial charge in [0.15, 0.2) is 5.11 Å². The Morgan fingerprint density at radius 1 is 1.44 bits per heavy atom. The first kappa shape index (κ1) is 13.3. The summed E-state index contributed by atoms with van der Waals surface area (Å²) in [5, 5.41) is 2.97. The van der Waals surface area contributed by atoms with E-state index < -0.39 is 0 Å². The summed E-state index contributed by atoms with van der Waals surface area (Å²) >= 11 is 12.6. The number of aromatic nitrogens is 1. The fourth-order valence-corrected chi connectivity index (χ4v) is 2.54. The highest BCUT2D eigenvalue weighted by Gasteiger charge is 2.10. The zero-order chi connectivity index (χ0) is 13.0. The quantitative estimate of drug-likeness (QED) is 0.881. The second kappa shape index (κ2) is 6.13. The molecule has 0 saturated carbocycles. The molecule has 0 unspecified atom stereocenters. The number of halogens is 1. The summed E-state index contributed by atoms with van der Waals surface area (Å²) < 4.78 is 0. The van der Waals surface area contributed by atoms with Gasteiger partial charge >= 0.3 is 0 Å². The molecule has 0 atom stereocenters. The van der Waals surface area contributed by atoms with E-state index in [-0.39, 0.29) is 0 Å². The second-order valence-corrected chi connectivity index (χ2v) is 5.54. The molecule has 0 aliphatic carbocycles. The van der Waals surface area contributed by atoms with Crippen molar-refractivity contribution < 1.29 is 0 Å². The standard InChI is InChI=1S/C12H12ClN3S2/c13-9-3-4-11(15-8-9)16(12(14)17)6-5-10-2-1-7-18-10/h1-4,7-8H,5-6H2,(H2,14,17). The van der Waals surface area contributed by atoms with E-state index in [2.05, 4.69) is 16.4 Å². The first-order chi connectivity index (χ1) is 8.66. The number of nitrogens with zero attached hydrogens (tertiary/aromatic N) is 2. The molecule has 2 heterocycles. The third-order valence-electron chi connectivity index (χ3n) is 2.42. The molecule has 3 nitrogen and oxygen atoms in total. The summed E-state index contributed by atoms with van der Waals surface area (Å²) in [6.07, 6.45) is 2.48. The number of thiocarbonyl (C=S) groups is 1. The Labute approximate surface area is 120 Å². The van der Waals surface area contributed by atoms with Crippen molar-refractivity contribution in [2.24, 2.45) is 5.73 Å². The lowest BCUT2D eigenvalue weighted by molar-refractivity contribution is 0.932. The average Bonchev–Trinajstić information content (AvgIpc) is 2.84. The highest BCUT2D eigenvalue weighted by atomic mass is 35.5.